The second-order valence-electron chi connectivity index (χ2n) is 2.54. The molecule has 0 fully saturated rings. The number of rotatable bonds is 2. The van der Waals surface area contributed by atoms with Crippen molar-refractivity contribution in [1.29, 1.82) is 0 Å². The standard InChI is InChI=1S/C8H10S/c1-3-7(4-1)9-8-5-2-6-8/h1-3,5,7-8H,4,6H2. The van der Waals surface area contributed by atoms with Gasteiger partial charge in [-0.1, -0.05) is 24.3 Å². The van der Waals surface area contributed by atoms with Gasteiger partial charge in [0.05, 0.1) is 0 Å². The van der Waals surface area contributed by atoms with Crippen LogP contribution in [0.3, 0.4) is 0 Å². The third kappa shape index (κ3) is 1.06. The Bertz CT molecular complexity index is 140. The molecular formula is C8H10S. The summed E-state index contributed by atoms with van der Waals surface area (Å²) in [6.45, 7) is 0. The van der Waals surface area contributed by atoms with Crippen LogP contribution < -0.4 is 0 Å². The van der Waals surface area contributed by atoms with Gasteiger partial charge in [-0.15, -0.1) is 11.8 Å². The lowest BCUT2D eigenvalue weighted by Crippen LogP contribution is -2.14. The van der Waals surface area contributed by atoms with Gasteiger partial charge < -0.3 is 0 Å². The van der Waals surface area contributed by atoms with Crippen molar-refractivity contribution in [2.45, 2.75) is 23.3 Å². The average molecular weight is 138 g/mol. The Balaban J connectivity index is 1.77. The van der Waals surface area contributed by atoms with Crippen LogP contribution in [0.15, 0.2) is 24.3 Å². The van der Waals surface area contributed by atoms with Crippen molar-refractivity contribution < 1.29 is 0 Å². The first-order valence-corrected chi connectivity index (χ1v) is 4.38. The molecule has 0 radical (unpaired) electrons. The van der Waals surface area contributed by atoms with Crippen molar-refractivity contribution in [2.75, 3.05) is 0 Å². The molecule has 0 aliphatic heterocycles. The fraction of sp³-hybridized carbons (Fsp3) is 0.500. The Kier molecular flexibility index (Phi) is 1.38. The third-order valence-corrected chi connectivity index (χ3v) is 3.19. The van der Waals surface area contributed by atoms with Crippen LogP contribution in [0.2, 0.25) is 0 Å². The van der Waals surface area contributed by atoms with Gasteiger partial charge in [-0.3, -0.25) is 0 Å². The molecule has 2 aliphatic carbocycles. The van der Waals surface area contributed by atoms with Gasteiger partial charge in [-0.25, -0.2) is 0 Å². The van der Waals surface area contributed by atoms with Crippen LogP contribution in [0.4, 0.5) is 0 Å². The molecule has 0 amide bonds. The highest BCUT2D eigenvalue weighted by Crippen LogP contribution is 2.33. The molecule has 0 aromatic carbocycles. The topological polar surface area (TPSA) is 0 Å². The Morgan fingerprint density at radius 2 is 1.44 bits per heavy atom. The molecule has 0 N–H and O–H groups in total. The zero-order chi connectivity index (χ0) is 6.10. The molecule has 9 heavy (non-hydrogen) atoms. The van der Waals surface area contributed by atoms with Crippen LogP contribution >= 0.6 is 11.8 Å². The lowest BCUT2D eigenvalue weighted by molar-refractivity contribution is 0.934. The Labute approximate surface area is 60.0 Å². The smallest absolute Gasteiger partial charge is 0.0267 e. The minimum absolute atomic E-state index is 0.847. The van der Waals surface area contributed by atoms with Crippen molar-refractivity contribution >= 4 is 11.8 Å². The zero-order valence-corrected chi connectivity index (χ0v) is 6.10. The predicted molar refractivity (Wildman–Crippen MR) is 42.7 cm³/mol. The minimum atomic E-state index is 0.847. The van der Waals surface area contributed by atoms with E-state index in [1.807, 2.05) is 0 Å². The highest BCUT2D eigenvalue weighted by molar-refractivity contribution is 8.00. The number of hydrogen-bond donors (Lipinski definition) is 0. The van der Waals surface area contributed by atoms with E-state index in [2.05, 4.69) is 36.1 Å². The molecule has 0 saturated heterocycles. The van der Waals surface area contributed by atoms with Crippen LogP contribution in [-0.4, -0.2) is 10.5 Å². The van der Waals surface area contributed by atoms with Crippen LogP contribution in [-0.2, 0) is 0 Å². The SMILES string of the molecule is C1=CC(SC2C=CC2)C1. The third-order valence-electron chi connectivity index (χ3n) is 1.79. The van der Waals surface area contributed by atoms with Crippen LogP contribution in [0.5, 0.6) is 0 Å². The van der Waals surface area contributed by atoms with Crippen LogP contribution in [0.25, 0.3) is 0 Å². The van der Waals surface area contributed by atoms with Crippen LogP contribution in [0, 0.1) is 0 Å². The summed E-state index contributed by atoms with van der Waals surface area (Å²) in [6.07, 6.45) is 11.7. The summed E-state index contributed by atoms with van der Waals surface area (Å²) in [6, 6.07) is 0. The lowest BCUT2D eigenvalue weighted by Gasteiger charge is -2.24. The summed E-state index contributed by atoms with van der Waals surface area (Å²) >= 11 is 2.10. The molecule has 48 valence electrons. The second kappa shape index (κ2) is 2.22. The molecule has 2 rings (SSSR count). The molecule has 0 aromatic rings. The van der Waals surface area contributed by atoms with E-state index in [4.69, 9.17) is 0 Å². The van der Waals surface area contributed by atoms with Crippen LogP contribution in [0.1, 0.15) is 12.8 Å². The van der Waals surface area contributed by atoms with E-state index in [1.54, 1.807) is 0 Å². The maximum absolute atomic E-state index is 2.30. The summed E-state index contributed by atoms with van der Waals surface area (Å²) in [5, 5.41) is 1.69. The van der Waals surface area contributed by atoms with Gasteiger partial charge >= 0.3 is 0 Å². The van der Waals surface area contributed by atoms with E-state index in [9.17, 15) is 0 Å². The maximum atomic E-state index is 2.30. The predicted octanol–water partition coefficient (Wildman–Crippen LogP) is 2.38. The number of allylic oxidation sites excluding steroid dienone is 2. The van der Waals surface area contributed by atoms with E-state index in [-0.39, 0.29) is 0 Å². The maximum Gasteiger partial charge on any atom is 0.0267 e. The van der Waals surface area contributed by atoms with Gasteiger partial charge in [0.25, 0.3) is 0 Å². The largest absolute Gasteiger partial charge is 0.146 e. The first kappa shape index (κ1) is 5.60. The van der Waals surface area contributed by atoms with Crippen molar-refractivity contribution in [2.24, 2.45) is 0 Å². The second-order valence-corrected chi connectivity index (χ2v) is 4.02. The quantitative estimate of drug-likeness (QED) is 0.528. The van der Waals surface area contributed by atoms with Gasteiger partial charge in [0.2, 0.25) is 0 Å². The highest BCUT2D eigenvalue weighted by Gasteiger charge is 2.18. The monoisotopic (exact) mass is 138 g/mol. The Hall–Kier alpha value is -0.170. The summed E-state index contributed by atoms with van der Waals surface area (Å²) < 4.78 is 0. The Morgan fingerprint density at radius 1 is 1.00 bits per heavy atom. The molecule has 0 heterocycles. The number of hydrogen-bond acceptors (Lipinski definition) is 1. The summed E-state index contributed by atoms with van der Waals surface area (Å²) in [5.74, 6) is 0. The van der Waals surface area contributed by atoms with Crippen molar-refractivity contribution in [1.82, 2.24) is 0 Å². The molecule has 2 aliphatic rings. The van der Waals surface area contributed by atoms with E-state index in [0.29, 0.717) is 0 Å². The van der Waals surface area contributed by atoms with Gasteiger partial charge in [0.1, 0.15) is 0 Å². The first-order valence-electron chi connectivity index (χ1n) is 3.44. The van der Waals surface area contributed by atoms with Crippen molar-refractivity contribution in [3.05, 3.63) is 24.3 Å². The summed E-state index contributed by atoms with van der Waals surface area (Å²) in [7, 11) is 0. The molecule has 2 atom stereocenters. The fourth-order valence-electron chi connectivity index (χ4n) is 0.921. The van der Waals surface area contributed by atoms with Crippen molar-refractivity contribution in [3.63, 3.8) is 0 Å². The fourth-order valence-corrected chi connectivity index (χ4v) is 2.22. The van der Waals surface area contributed by atoms with E-state index in [1.165, 1.54) is 12.8 Å². The normalized spacial score (nSPS) is 37.8. The van der Waals surface area contributed by atoms with Gasteiger partial charge in [0.15, 0.2) is 0 Å². The molecule has 2 unspecified atom stereocenters. The minimum Gasteiger partial charge on any atom is -0.146 e. The molecule has 0 nitrogen and oxygen atoms in total. The lowest BCUT2D eigenvalue weighted by atomic mass is 10.1. The highest BCUT2D eigenvalue weighted by atomic mass is 32.2. The van der Waals surface area contributed by atoms with E-state index in [0.717, 1.165) is 10.5 Å². The molecule has 0 saturated carbocycles. The van der Waals surface area contributed by atoms with E-state index >= 15 is 0 Å². The molecule has 0 aromatic heterocycles. The van der Waals surface area contributed by atoms with Gasteiger partial charge in [-0.2, -0.15) is 0 Å². The average Bonchev–Trinajstić information content (AvgIpc) is 1.57. The molecule has 1 heteroatoms. The zero-order valence-electron chi connectivity index (χ0n) is 5.29. The van der Waals surface area contributed by atoms with Gasteiger partial charge in [-0.05, 0) is 12.8 Å². The molecule has 0 spiro atoms. The number of thioether (sulfide) groups is 1. The van der Waals surface area contributed by atoms with Gasteiger partial charge in [0, 0.05) is 10.5 Å². The Morgan fingerprint density at radius 3 is 1.67 bits per heavy atom. The molecule has 0 bridgehead atoms. The summed E-state index contributed by atoms with van der Waals surface area (Å²) in [4.78, 5) is 0. The van der Waals surface area contributed by atoms with Crippen molar-refractivity contribution in [3.8, 4) is 0 Å². The summed E-state index contributed by atoms with van der Waals surface area (Å²) in [5.41, 5.74) is 0. The molecular weight excluding hydrogens is 128 g/mol. The van der Waals surface area contributed by atoms with E-state index < -0.39 is 0 Å². The first-order chi connectivity index (χ1) is 4.45.